The molecule has 0 saturated heterocycles. The van der Waals surface area contributed by atoms with Crippen LogP contribution in [0.15, 0.2) is 24.5 Å². The molecule has 0 radical (unpaired) electrons. The van der Waals surface area contributed by atoms with Crippen LogP contribution >= 0.6 is 0 Å². The number of hydrogen-bond donors (Lipinski definition) is 2. The molecule has 5 nitrogen and oxygen atoms in total. The van der Waals surface area contributed by atoms with Crippen LogP contribution in [0.4, 0.5) is 0 Å². The van der Waals surface area contributed by atoms with Crippen molar-refractivity contribution in [1.29, 1.82) is 0 Å². The topological polar surface area (TPSA) is 79.3 Å². The molecule has 0 aliphatic heterocycles. The predicted molar refractivity (Wildman–Crippen MR) is 70.6 cm³/mol. The molecule has 2 N–H and O–H groups in total. The lowest BCUT2D eigenvalue weighted by molar-refractivity contribution is 0.227. The molecular weight excluding hydrogens is 252 g/mol. The van der Waals surface area contributed by atoms with E-state index >= 15 is 0 Å². The first kappa shape index (κ1) is 15.1. The molecule has 0 aliphatic rings. The number of rotatable bonds is 7. The van der Waals surface area contributed by atoms with Crippen LogP contribution in [0.3, 0.4) is 0 Å². The summed E-state index contributed by atoms with van der Waals surface area (Å²) in [5.41, 5.74) is 0.931. The standard InChI is InChI=1S/C12H20N2O3S/c1-10(2)12(9-15)14-18(16,17)8-5-11-3-6-13-7-4-11/h3-4,6-7,10,12,14-15H,5,8-9H2,1-2H3. The van der Waals surface area contributed by atoms with Gasteiger partial charge >= 0.3 is 0 Å². The van der Waals surface area contributed by atoms with Gasteiger partial charge in [0.15, 0.2) is 0 Å². The Hall–Kier alpha value is -0.980. The van der Waals surface area contributed by atoms with Crippen molar-refractivity contribution in [2.75, 3.05) is 12.4 Å². The van der Waals surface area contributed by atoms with Crippen molar-refractivity contribution in [3.05, 3.63) is 30.1 Å². The fraction of sp³-hybridized carbons (Fsp3) is 0.583. The van der Waals surface area contributed by atoms with Crippen molar-refractivity contribution in [3.63, 3.8) is 0 Å². The highest BCUT2D eigenvalue weighted by atomic mass is 32.2. The lowest BCUT2D eigenvalue weighted by Gasteiger charge is -2.19. The zero-order valence-electron chi connectivity index (χ0n) is 10.7. The third kappa shape index (κ3) is 5.12. The fourth-order valence-electron chi connectivity index (χ4n) is 1.48. The minimum Gasteiger partial charge on any atom is -0.395 e. The second-order valence-electron chi connectivity index (χ2n) is 4.58. The van der Waals surface area contributed by atoms with Crippen LogP contribution in [-0.2, 0) is 16.4 Å². The van der Waals surface area contributed by atoms with E-state index in [1.807, 2.05) is 13.8 Å². The van der Waals surface area contributed by atoms with Crippen molar-refractivity contribution >= 4 is 10.0 Å². The average Bonchev–Trinajstić information content (AvgIpc) is 2.35. The van der Waals surface area contributed by atoms with Crippen LogP contribution in [0.2, 0.25) is 0 Å². The Morgan fingerprint density at radius 2 is 1.94 bits per heavy atom. The molecule has 6 heteroatoms. The number of aromatic nitrogens is 1. The molecular formula is C12H20N2O3S. The average molecular weight is 272 g/mol. The molecule has 0 amide bonds. The van der Waals surface area contributed by atoms with Gasteiger partial charge in [0.25, 0.3) is 0 Å². The van der Waals surface area contributed by atoms with Gasteiger partial charge in [-0.3, -0.25) is 4.98 Å². The maximum Gasteiger partial charge on any atom is 0.212 e. The fourth-order valence-corrected chi connectivity index (χ4v) is 2.91. The molecule has 0 bridgehead atoms. The van der Waals surface area contributed by atoms with Crippen molar-refractivity contribution in [2.24, 2.45) is 5.92 Å². The predicted octanol–water partition coefficient (Wildman–Crippen LogP) is 0.560. The van der Waals surface area contributed by atoms with Crippen LogP contribution in [-0.4, -0.2) is 36.9 Å². The lowest BCUT2D eigenvalue weighted by atomic mass is 10.1. The summed E-state index contributed by atoms with van der Waals surface area (Å²) in [6.07, 6.45) is 3.72. The molecule has 0 aromatic carbocycles. The maximum atomic E-state index is 11.8. The van der Waals surface area contributed by atoms with Crippen LogP contribution in [0.5, 0.6) is 0 Å². The van der Waals surface area contributed by atoms with E-state index in [9.17, 15) is 8.42 Å². The molecule has 1 aromatic rings. The second kappa shape index (κ2) is 6.82. The van der Waals surface area contributed by atoms with Gasteiger partial charge in [-0.15, -0.1) is 0 Å². The Balaban J connectivity index is 2.55. The quantitative estimate of drug-likeness (QED) is 0.760. The second-order valence-corrected chi connectivity index (χ2v) is 6.45. The normalized spacial score (nSPS) is 13.8. The molecule has 0 aliphatic carbocycles. The van der Waals surface area contributed by atoms with E-state index in [1.54, 1.807) is 24.5 Å². The molecule has 0 fully saturated rings. The lowest BCUT2D eigenvalue weighted by Crippen LogP contribution is -2.42. The first-order chi connectivity index (χ1) is 8.44. The van der Waals surface area contributed by atoms with Gasteiger partial charge in [-0.2, -0.15) is 0 Å². The highest BCUT2D eigenvalue weighted by Crippen LogP contribution is 2.05. The number of aliphatic hydroxyl groups excluding tert-OH is 1. The molecule has 18 heavy (non-hydrogen) atoms. The molecule has 0 saturated carbocycles. The van der Waals surface area contributed by atoms with E-state index in [4.69, 9.17) is 5.11 Å². The summed E-state index contributed by atoms with van der Waals surface area (Å²) in [5, 5.41) is 9.11. The van der Waals surface area contributed by atoms with E-state index < -0.39 is 16.1 Å². The highest BCUT2D eigenvalue weighted by molar-refractivity contribution is 7.89. The van der Waals surface area contributed by atoms with E-state index in [0.717, 1.165) is 5.56 Å². The van der Waals surface area contributed by atoms with E-state index in [1.165, 1.54) is 0 Å². The number of nitrogens with one attached hydrogen (secondary N) is 1. The van der Waals surface area contributed by atoms with Gasteiger partial charge in [-0.1, -0.05) is 13.8 Å². The summed E-state index contributed by atoms with van der Waals surface area (Å²) in [6, 6.07) is 3.16. The Labute approximate surface area is 108 Å². The first-order valence-electron chi connectivity index (χ1n) is 5.94. The smallest absolute Gasteiger partial charge is 0.212 e. The number of aryl methyl sites for hydroxylation is 1. The molecule has 1 heterocycles. The van der Waals surface area contributed by atoms with E-state index in [-0.39, 0.29) is 18.3 Å². The van der Waals surface area contributed by atoms with Gasteiger partial charge in [0.1, 0.15) is 0 Å². The van der Waals surface area contributed by atoms with Gasteiger partial charge in [0.05, 0.1) is 12.4 Å². The summed E-state index contributed by atoms with van der Waals surface area (Å²) in [4.78, 5) is 3.88. The van der Waals surface area contributed by atoms with Crippen LogP contribution in [0, 0.1) is 5.92 Å². The number of hydrogen-bond acceptors (Lipinski definition) is 4. The van der Waals surface area contributed by atoms with Gasteiger partial charge in [0, 0.05) is 18.4 Å². The molecule has 0 spiro atoms. The van der Waals surface area contributed by atoms with Gasteiger partial charge in [0.2, 0.25) is 10.0 Å². The third-order valence-corrected chi connectivity index (χ3v) is 4.14. The largest absolute Gasteiger partial charge is 0.395 e. The summed E-state index contributed by atoms with van der Waals surface area (Å²) in [6.45, 7) is 3.55. The number of sulfonamides is 1. The summed E-state index contributed by atoms with van der Waals surface area (Å²) in [5.74, 6) is 0.0750. The van der Waals surface area contributed by atoms with Crippen molar-refractivity contribution in [1.82, 2.24) is 9.71 Å². The SMILES string of the molecule is CC(C)C(CO)NS(=O)(=O)CCc1ccncc1. The van der Waals surface area contributed by atoms with Crippen molar-refractivity contribution < 1.29 is 13.5 Å². The highest BCUT2D eigenvalue weighted by Gasteiger charge is 2.19. The number of nitrogens with zero attached hydrogens (tertiary/aromatic N) is 1. The van der Waals surface area contributed by atoms with Crippen molar-refractivity contribution in [2.45, 2.75) is 26.3 Å². The summed E-state index contributed by atoms with van der Waals surface area (Å²) < 4.78 is 26.2. The Bertz CT molecular complexity index is 446. The van der Waals surface area contributed by atoms with Gasteiger partial charge in [-0.05, 0) is 30.0 Å². The zero-order valence-corrected chi connectivity index (χ0v) is 11.5. The monoisotopic (exact) mass is 272 g/mol. The zero-order chi connectivity index (χ0) is 13.6. The summed E-state index contributed by atoms with van der Waals surface area (Å²) >= 11 is 0. The van der Waals surface area contributed by atoms with Crippen molar-refractivity contribution in [3.8, 4) is 0 Å². The van der Waals surface area contributed by atoms with E-state index in [2.05, 4.69) is 9.71 Å². The minimum absolute atomic E-state index is 0.0141. The van der Waals surface area contributed by atoms with Crippen LogP contribution in [0.1, 0.15) is 19.4 Å². The Morgan fingerprint density at radius 1 is 1.33 bits per heavy atom. The third-order valence-electron chi connectivity index (χ3n) is 2.74. The summed E-state index contributed by atoms with van der Waals surface area (Å²) in [7, 11) is -3.37. The maximum absolute atomic E-state index is 11.8. The van der Waals surface area contributed by atoms with Crippen LogP contribution in [0.25, 0.3) is 0 Å². The molecule has 1 atom stereocenters. The Kier molecular flexibility index (Phi) is 5.71. The number of aliphatic hydroxyl groups is 1. The van der Waals surface area contributed by atoms with Crippen LogP contribution < -0.4 is 4.72 Å². The first-order valence-corrected chi connectivity index (χ1v) is 7.59. The molecule has 102 valence electrons. The molecule has 1 unspecified atom stereocenters. The Morgan fingerprint density at radius 3 is 2.44 bits per heavy atom. The molecule has 1 rings (SSSR count). The van der Waals surface area contributed by atoms with E-state index in [0.29, 0.717) is 6.42 Å². The van der Waals surface area contributed by atoms with Gasteiger partial charge < -0.3 is 5.11 Å². The number of pyridine rings is 1. The minimum atomic E-state index is -3.37. The van der Waals surface area contributed by atoms with Gasteiger partial charge in [-0.25, -0.2) is 13.1 Å². The molecule has 1 aromatic heterocycles.